The quantitative estimate of drug-likeness (QED) is 0.486. The molecule has 3 heterocycles. The Kier molecular flexibility index (Phi) is 7.69. The summed E-state index contributed by atoms with van der Waals surface area (Å²) in [7, 11) is 3.20. The number of hydrogen-bond donors (Lipinski definition) is 0. The summed E-state index contributed by atoms with van der Waals surface area (Å²) in [5.41, 5.74) is 2.44. The Morgan fingerprint density at radius 1 is 1.08 bits per heavy atom. The maximum atomic E-state index is 13.7. The number of likely N-dealkylation sites (tertiary alicyclic amines) is 1. The van der Waals surface area contributed by atoms with Crippen LogP contribution in [0.4, 0.5) is 0 Å². The van der Waals surface area contributed by atoms with Gasteiger partial charge in [0.15, 0.2) is 11.5 Å². The Hall–Kier alpha value is -3.79. The number of esters is 1. The van der Waals surface area contributed by atoms with Crippen LogP contribution in [0.2, 0.25) is 0 Å². The first-order valence-corrected chi connectivity index (χ1v) is 12.9. The first-order chi connectivity index (χ1) is 18.5. The zero-order chi connectivity index (χ0) is 26.6. The summed E-state index contributed by atoms with van der Waals surface area (Å²) >= 11 is 0. The highest BCUT2D eigenvalue weighted by Crippen LogP contribution is 2.40. The molecule has 2 unspecified atom stereocenters. The van der Waals surface area contributed by atoms with E-state index in [2.05, 4.69) is 0 Å². The third-order valence-electron chi connectivity index (χ3n) is 7.15. The lowest BCUT2D eigenvalue weighted by molar-refractivity contribution is -0.150. The summed E-state index contributed by atoms with van der Waals surface area (Å²) in [6.07, 6.45) is 2.10. The number of amides is 1. The summed E-state index contributed by atoms with van der Waals surface area (Å²) in [5, 5.41) is 6.37. The molecule has 0 aliphatic carbocycles. The van der Waals surface area contributed by atoms with Gasteiger partial charge in [0.1, 0.15) is 11.5 Å². The number of carbonyl (C=O) groups excluding carboxylic acids is 2. The zero-order valence-corrected chi connectivity index (χ0v) is 22.0. The lowest BCUT2D eigenvalue weighted by Crippen LogP contribution is -2.44. The monoisotopic (exact) mass is 523 g/mol. The standard InChI is InChI=1S/C28H33N3O7/c1-4-36-28(33)19-6-5-11-30(15-19)16-27(32)31-23(18-7-10-24-26(12-18)38-17-37-24)14-22(29-31)21-9-8-20(34-2)13-25(21)35-3/h7-10,12-13,19,23H,4-6,11,14-17H2,1-3H3. The van der Waals surface area contributed by atoms with Crippen molar-refractivity contribution in [1.29, 1.82) is 0 Å². The van der Waals surface area contributed by atoms with E-state index in [1.807, 2.05) is 35.2 Å². The van der Waals surface area contributed by atoms with Crippen LogP contribution >= 0.6 is 0 Å². The molecule has 0 spiro atoms. The van der Waals surface area contributed by atoms with Crippen LogP contribution in [0.5, 0.6) is 23.0 Å². The number of methoxy groups -OCH3 is 2. The van der Waals surface area contributed by atoms with Gasteiger partial charge in [-0.1, -0.05) is 6.07 Å². The Morgan fingerprint density at radius 3 is 2.71 bits per heavy atom. The predicted molar refractivity (Wildman–Crippen MR) is 139 cm³/mol. The Morgan fingerprint density at radius 2 is 1.92 bits per heavy atom. The molecule has 38 heavy (non-hydrogen) atoms. The molecule has 2 aromatic carbocycles. The molecule has 10 nitrogen and oxygen atoms in total. The van der Waals surface area contributed by atoms with Gasteiger partial charge in [0.25, 0.3) is 5.91 Å². The lowest BCUT2D eigenvalue weighted by Gasteiger charge is -2.32. The first-order valence-electron chi connectivity index (χ1n) is 12.9. The minimum atomic E-state index is -0.329. The van der Waals surface area contributed by atoms with Crippen LogP contribution in [-0.2, 0) is 14.3 Å². The van der Waals surface area contributed by atoms with Crippen molar-refractivity contribution in [1.82, 2.24) is 9.91 Å². The van der Waals surface area contributed by atoms with Crippen LogP contribution in [0.25, 0.3) is 0 Å². The molecule has 0 radical (unpaired) electrons. The molecule has 2 atom stereocenters. The van der Waals surface area contributed by atoms with Gasteiger partial charge in [-0.15, -0.1) is 0 Å². The molecule has 3 aliphatic heterocycles. The number of benzene rings is 2. The van der Waals surface area contributed by atoms with Crippen LogP contribution in [0.3, 0.4) is 0 Å². The zero-order valence-electron chi connectivity index (χ0n) is 22.0. The maximum absolute atomic E-state index is 13.7. The van der Waals surface area contributed by atoms with Crippen molar-refractivity contribution in [3.05, 3.63) is 47.5 Å². The topological polar surface area (TPSA) is 99.1 Å². The number of ether oxygens (including phenoxy) is 5. The van der Waals surface area contributed by atoms with Crippen molar-refractivity contribution < 1.29 is 33.3 Å². The summed E-state index contributed by atoms with van der Waals surface area (Å²) < 4.78 is 27.3. The molecule has 1 amide bonds. The second-order valence-electron chi connectivity index (χ2n) is 9.51. The summed E-state index contributed by atoms with van der Waals surface area (Å²) in [4.78, 5) is 28.1. The SMILES string of the molecule is CCOC(=O)C1CCCN(CC(=O)N2N=C(c3ccc(OC)cc3OC)CC2c2ccc3c(c2)OCO3)C1. The van der Waals surface area contributed by atoms with Gasteiger partial charge >= 0.3 is 5.97 Å². The number of rotatable bonds is 8. The number of carbonyl (C=O) groups is 2. The van der Waals surface area contributed by atoms with E-state index in [0.717, 1.165) is 36.2 Å². The van der Waals surface area contributed by atoms with Gasteiger partial charge < -0.3 is 23.7 Å². The van der Waals surface area contributed by atoms with Crippen LogP contribution in [-0.4, -0.2) is 74.8 Å². The van der Waals surface area contributed by atoms with Gasteiger partial charge in [-0.3, -0.25) is 14.5 Å². The normalized spacial score (nSPS) is 20.7. The lowest BCUT2D eigenvalue weighted by atomic mass is 9.97. The van der Waals surface area contributed by atoms with Gasteiger partial charge in [0.05, 0.1) is 45.0 Å². The second kappa shape index (κ2) is 11.3. The van der Waals surface area contributed by atoms with Crippen LogP contribution < -0.4 is 18.9 Å². The number of nitrogens with zero attached hydrogens (tertiary/aromatic N) is 3. The van der Waals surface area contributed by atoms with E-state index in [9.17, 15) is 9.59 Å². The smallest absolute Gasteiger partial charge is 0.310 e. The number of hydrazone groups is 1. The summed E-state index contributed by atoms with van der Waals surface area (Å²) in [6.45, 7) is 3.73. The van der Waals surface area contributed by atoms with Crippen molar-refractivity contribution >= 4 is 17.6 Å². The molecule has 0 bridgehead atoms. The van der Waals surface area contributed by atoms with E-state index in [0.29, 0.717) is 42.6 Å². The van der Waals surface area contributed by atoms with Crippen molar-refractivity contribution in [2.75, 3.05) is 47.3 Å². The molecule has 3 aliphatic rings. The van der Waals surface area contributed by atoms with Crippen LogP contribution in [0.15, 0.2) is 41.5 Å². The van der Waals surface area contributed by atoms with Gasteiger partial charge in [0, 0.05) is 24.6 Å². The molecule has 0 aromatic heterocycles. The van der Waals surface area contributed by atoms with E-state index in [4.69, 9.17) is 28.8 Å². The molecule has 10 heteroatoms. The highest BCUT2D eigenvalue weighted by atomic mass is 16.7. The molecule has 0 saturated carbocycles. The fraction of sp³-hybridized carbons (Fsp3) is 0.464. The van der Waals surface area contributed by atoms with Gasteiger partial charge in [-0.25, -0.2) is 5.01 Å². The highest BCUT2D eigenvalue weighted by molar-refractivity contribution is 6.05. The molecular weight excluding hydrogens is 490 g/mol. The van der Waals surface area contributed by atoms with E-state index >= 15 is 0 Å². The molecule has 5 rings (SSSR count). The van der Waals surface area contributed by atoms with Crippen molar-refractivity contribution in [3.63, 3.8) is 0 Å². The van der Waals surface area contributed by atoms with E-state index in [-0.39, 0.29) is 37.2 Å². The number of piperidine rings is 1. The number of hydrogen-bond acceptors (Lipinski definition) is 9. The molecule has 2 aromatic rings. The fourth-order valence-corrected chi connectivity index (χ4v) is 5.24. The predicted octanol–water partition coefficient (Wildman–Crippen LogP) is 3.39. The van der Waals surface area contributed by atoms with E-state index < -0.39 is 0 Å². The van der Waals surface area contributed by atoms with E-state index in [1.165, 1.54) is 0 Å². The third-order valence-corrected chi connectivity index (χ3v) is 7.15. The van der Waals surface area contributed by atoms with Crippen LogP contribution in [0, 0.1) is 5.92 Å². The average molecular weight is 524 g/mol. The summed E-state index contributed by atoms with van der Waals surface area (Å²) in [5.74, 6) is 2.07. The van der Waals surface area contributed by atoms with Crippen LogP contribution in [0.1, 0.15) is 43.4 Å². The first kappa shape index (κ1) is 25.8. The van der Waals surface area contributed by atoms with Crippen molar-refractivity contribution in [3.8, 4) is 23.0 Å². The molecule has 1 saturated heterocycles. The third kappa shape index (κ3) is 5.26. The number of fused-ring (bicyclic) bond motifs is 1. The minimum Gasteiger partial charge on any atom is -0.497 e. The Balaban J connectivity index is 1.41. The van der Waals surface area contributed by atoms with Gasteiger partial charge in [0.2, 0.25) is 6.79 Å². The van der Waals surface area contributed by atoms with E-state index in [1.54, 1.807) is 32.2 Å². The van der Waals surface area contributed by atoms with Crippen molar-refractivity contribution in [2.24, 2.45) is 11.0 Å². The molecule has 202 valence electrons. The van der Waals surface area contributed by atoms with Gasteiger partial charge in [-0.05, 0) is 56.1 Å². The average Bonchev–Trinajstić information content (AvgIpc) is 3.60. The van der Waals surface area contributed by atoms with Gasteiger partial charge in [-0.2, -0.15) is 5.10 Å². The molecule has 1 fully saturated rings. The Labute approximate surface area is 222 Å². The van der Waals surface area contributed by atoms with Crippen molar-refractivity contribution in [2.45, 2.75) is 32.2 Å². The largest absolute Gasteiger partial charge is 0.497 e. The minimum absolute atomic E-state index is 0.139. The molecule has 0 N–H and O–H groups in total. The molecular formula is C28H33N3O7. The highest BCUT2D eigenvalue weighted by Gasteiger charge is 2.36. The maximum Gasteiger partial charge on any atom is 0.310 e. The second-order valence-corrected chi connectivity index (χ2v) is 9.51. The summed E-state index contributed by atoms with van der Waals surface area (Å²) in [6, 6.07) is 10.9. The fourth-order valence-electron chi connectivity index (χ4n) is 5.24. The Bertz CT molecular complexity index is 1230.